The third-order valence-corrected chi connectivity index (χ3v) is 3.67. The van der Waals surface area contributed by atoms with Crippen molar-refractivity contribution < 1.29 is 4.74 Å². The second-order valence-electron chi connectivity index (χ2n) is 4.76. The van der Waals surface area contributed by atoms with Crippen LogP contribution in [0.25, 0.3) is 11.0 Å². The molecule has 1 aromatic heterocycles. The molecule has 5 heteroatoms. The van der Waals surface area contributed by atoms with E-state index in [2.05, 4.69) is 17.0 Å². The molecule has 0 radical (unpaired) electrons. The molecule has 0 amide bonds. The summed E-state index contributed by atoms with van der Waals surface area (Å²) in [6, 6.07) is 5.99. The van der Waals surface area contributed by atoms with Crippen molar-refractivity contribution in [2.75, 3.05) is 18.6 Å². The van der Waals surface area contributed by atoms with Gasteiger partial charge in [0, 0.05) is 26.2 Å². The van der Waals surface area contributed by atoms with Gasteiger partial charge in [-0.05, 0) is 31.0 Å². The number of nitrogens with one attached hydrogen (secondary N) is 1. The fraction of sp³-hybridized carbons (Fsp3) is 0.462. The molecular weight excluding hydrogens is 228 g/mol. The van der Waals surface area contributed by atoms with Gasteiger partial charge in [0.1, 0.15) is 5.82 Å². The van der Waals surface area contributed by atoms with Gasteiger partial charge in [-0.15, -0.1) is 0 Å². The molecule has 1 saturated heterocycles. The molecule has 3 rings (SSSR count). The molecule has 2 aromatic rings. The molecule has 96 valence electrons. The Bertz CT molecular complexity index is 557. The lowest BCUT2D eigenvalue weighted by Gasteiger charge is -2.21. The lowest BCUT2D eigenvalue weighted by atomic mass is 9.99. The van der Waals surface area contributed by atoms with Crippen LogP contribution in [0.5, 0.6) is 0 Å². The quantitative estimate of drug-likeness (QED) is 0.626. The molecule has 0 unspecified atom stereocenters. The number of hydrogen-bond acceptors (Lipinski definition) is 4. The third-order valence-electron chi connectivity index (χ3n) is 3.67. The Morgan fingerprint density at radius 1 is 1.39 bits per heavy atom. The number of imidazole rings is 1. The van der Waals surface area contributed by atoms with Crippen molar-refractivity contribution in [2.45, 2.75) is 18.8 Å². The van der Waals surface area contributed by atoms with Gasteiger partial charge in [-0.25, -0.2) is 4.98 Å². The Morgan fingerprint density at radius 3 is 2.89 bits per heavy atom. The zero-order valence-corrected chi connectivity index (χ0v) is 10.5. The van der Waals surface area contributed by atoms with Gasteiger partial charge in [-0.3, -0.25) is 5.84 Å². The number of nitrogens with two attached hydrogens (primary N) is 1. The van der Waals surface area contributed by atoms with Crippen LogP contribution in [0.2, 0.25) is 0 Å². The van der Waals surface area contributed by atoms with E-state index in [-0.39, 0.29) is 0 Å². The van der Waals surface area contributed by atoms with Gasteiger partial charge >= 0.3 is 0 Å². The van der Waals surface area contributed by atoms with E-state index in [1.54, 1.807) is 0 Å². The first-order valence-electron chi connectivity index (χ1n) is 6.30. The number of hydrazine groups is 1. The summed E-state index contributed by atoms with van der Waals surface area (Å²) in [6.07, 6.45) is 2.11. The van der Waals surface area contributed by atoms with Crippen LogP contribution in [0.3, 0.4) is 0 Å². The van der Waals surface area contributed by atoms with Gasteiger partial charge in [0.15, 0.2) is 0 Å². The Balaban J connectivity index is 2.04. The van der Waals surface area contributed by atoms with E-state index in [0.717, 1.165) is 48.6 Å². The predicted octanol–water partition coefficient (Wildman–Crippen LogP) is 1.75. The fourth-order valence-electron chi connectivity index (χ4n) is 2.62. The molecule has 3 N–H and O–H groups in total. The highest BCUT2D eigenvalue weighted by Crippen LogP contribution is 2.29. The van der Waals surface area contributed by atoms with E-state index in [9.17, 15) is 0 Å². The number of benzene rings is 1. The number of aromatic nitrogens is 2. The summed E-state index contributed by atoms with van der Waals surface area (Å²) in [5, 5.41) is 0. The summed E-state index contributed by atoms with van der Waals surface area (Å²) in [7, 11) is 2.07. The standard InChI is InChI=1S/C13H18N4O/c1-17-12-8-10(16-14)2-3-11(12)15-13(17)9-4-6-18-7-5-9/h2-3,8-9,16H,4-7,14H2,1H3. The average Bonchev–Trinajstić information content (AvgIpc) is 2.77. The van der Waals surface area contributed by atoms with Crippen LogP contribution < -0.4 is 11.3 Å². The number of aryl methyl sites for hydroxylation is 1. The molecule has 0 atom stereocenters. The van der Waals surface area contributed by atoms with Gasteiger partial charge in [0.05, 0.1) is 16.7 Å². The number of nitrogens with zero attached hydrogens (tertiary/aromatic N) is 2. The highest BCUT2D eigenvalue weighted by Gasteiger charge is 2.21. The maximum atomic E-state index is 5.44. The first-order chi connectivity index (χ1) is 8.79. The van der Waals surface area contributed by atoms with Crippen molar-refractivity contribution in [2.24, 2.45) is 12.9 Å². The SMILES string of the molecule is Cn1c(C2CCOCC2)nc2ccc(NN)cc21. The number of ether oxygens (including phenoxy) is 1. The van der Waals surface area contributed by atoms with Crippen LogP contribution in [0.4, 0.5) is 5.69 Å². The number of rotatable bonds is 2. The van der Waals surface area contributed by atoms with E-state index in [1.807, 2.05) is 18.2 Å². The monoisotopic (exact) mass is 246 g/mol. The molecule has 0 aliphatic carbocycles. The average molecular weight is 246 g/mol. The van der Waals surface area contributed by atoms with Gasteiger partial charge in [0.25, 0.3) is 0 Å². The minimum atomic E-state index is 0.505. The summed E-state index contributed by atoms with van der Waals surface area (Å²) < 4.78 is 7.58. The molecule has 0 bridgehead atoms. The van der Waals surface area contributed by atoms with Gasteiger partial charge in [-0.2, -0.15) is 0 Å². The van der Waals surface area contributed by atoms with Crippen molar-refractivity contribution in [3.8, 4) is 0 Å². The van der Waals surface area contributed by atoms with Crippen LogP contribution in [0.15, 0.2) is 18.2 Å². The molecule has 1 fully saturated rings. The number of hydrogen-bond donors (Lipinski definition) is 2. The topological polar surface area (TPSA) is 65.1 Å². The van der Waals surface area contributed by atoms with Crippen LogP contribution in [0, 0.1) is 0 Å². The molecule has 2 heterocycles. The molecular formula is C13H18N4O. The highest BCUT2D eigenvalue weighted by atomic mass is 16.5. The Morgan fingerprint density at radius 2 is 2.17 bits per heavy atom. The largest absolute Gasteiger partial charge is 0.381 e. The lowest BCUT2D eigenvalue weighted by Crippen LogP contribution is -2.17. The van der Waals surface area contributed by atoms with Crippen molar-refractivity contribution >= 4 is 16.7 Å². The summed E-state index contributed by atoms with van der Waals surface area (Å²) in [6.45, 7) is 1.67. The molecule has 0 spiro atoms. The fourth-order valence-corrected chi connectivity index (χ4v) is 2.62. The molecule has 1 aromatic carbocycles. The van der Waals surface area contributed by atoms with E-state index in [0.29, 0.717) is 5.92 Å². The predicted molar refractivity (Wildman–Crippen MR) is 71.3 cm³/mol. The van der Waals surface area contributed by atoms with Crippen molar-refractivity contribution in [1.29, 1.82) is 0 Å². The first-order valence-corrected chi connectivity index (χ1v) is 6.30. The number of anilines is 1. The van der Waals surface area contributed by atoms with Crippen molar-refractivity contribution in [3.63, 3.8) is 0 Å². The van der Waals surface area contributed by atoms with Crippen molar-refractivity contribution in [1.82, 2.24) is 9.55 Å². The minimum Gasteiger partial charge on any atom is -0.381 e. The number of fused-ring (bicyclic) bond motifs is 1. The van der Waals surface area contributed by atoms with Crippen LogP contribution in [-0.4, -0.2) is 22.8 Å². The second-order valence-corrected chi connectivity index (χ2v) is 4.76. The maximum absolute atomic E-state index is 5.44. The molecule has 1 aliphatic heterocycles. The van der Waals surface area contributed by atoms with E-state index in [4.69, 9.17) is 15.6 Å². The first kappa shape index (κ1) is 11.5. The highest BCUT2D eigenvalue weighted by molar-refractivity contribution is 5.80. The van der Waals surface area contributed by atoms with Crippen molar-refractivity contribution in [3.05, 3.63) is 24.0 Å². The maximum Gasteiger partial charge on any atom is 0.112 e. The zero-order valence-electron chi connectivity index (χ0n) is 10.5. The molecule has 0 saturated carbocycles. The minimum absolute atomic E-state index is 0.505. The third kappa shape index (κ3) is 1.85. The Hall–Kier alpha value is -1.59. The summed E-state index contributed by atoms with van der Waals surface area (Å²) in [5.74, 6) is 7.10. The number of nitrogen functional groups attached to an aromatic ring is 1. The van der Waals surface area contributed by atoms with Gasteiger partial charge < -0.3 is 14.7 Å². The van der Waals surface area contributed by atoms with Gasteiger partial charge in [0.2, 0.25) is 0 Å². The van der Waals surface area contributed by atoms with E-state index < -0.39 is 0 Å². The van der Waals surface area contributed by atoms with Crippen LogP contribution >= 0.6 is 0 Å². The van der Waals surface area contributed by atoms with E-state index >= 15 is 0 Å². The van der Waals surface area contributed by atoms with Crippen LogP contribution in [0.1, 0.15) is 24.6 Å². The molecule has 1 aliphatic rings. The second kappa shape index (κ2) is 4.59. The smallest absolute Gasteiger partial charge is 0.112 e. The Labute approximate surface area is 106 Å². The van der Waals surface area contributed by atoms with Crippen LogP contribution in [-0.2, 0) is 11.8 Å². The zero-order chi connectivity index (χ0) is 12.5. The summed E-state index contributed by atoms with van der Waals surface area (Å²) in [4.78, 5) is 4.75. The van der Waals surface area contributed by atoms with E-state index in [1.165, 1.54) is 0 Å². The van der Waals surface area contributed by atoms with Gasteiger partial charge in [-0.1, -0.05) is 0 Å². The molecule has 18 heavy (non-hydrogen) atoms. The summed E-state index contributed by atoms with van der Waals surface area (Å²) >= 11 is 0. The lowest BCUT2D eigenvalue weighted by molar-refractivity contribution is 0.0831. The normalized spacial score (nSPS) is 17.2. The molecule has 5 nitrogen and oxygen atoms in total. The summed E-state index contributed by atoms with van der Waals surface area (Å²) in [5.41, 5.74) is 5.72. The Kier molecular flexibility index (Phi) is 2.93.